The van der Waals surface area contributed by atoms with Crippen LogP contribution in [0, 0.1) is 13.8 Å². The first-order valence-corrected chi connectivity index (χ1v) is 8.57. The predicted octanol–water partition coefficient (Wildman–Crippen LogP) is 1.97. The molecule has 1 aliphatic carbocycles. The van der Waals surface area contributed by atoms with E-state index in [0.29, 0.717) is 18.6 Å². The molecule has 0 bridgehead atoms. The molecule has 0 atom stereocenters. The zero-order chi connectivity index (χ0) is 18.0. The zero-order valence-electron chi connectivity index (χ0n) is 14.6. The fraction of sp³-hybridized carbons (Fsp3) is 0.500. The lowest BCUT2D eigenvalue weighted by molar-refractivity contribution is -0.140. The van der Waals surface area contributed by atoms with E-state index in [-0.39, 0.29) is 12.5 Å². The molecule has 1 aliphatic heterocycles. The highest BCUT2D eigenvalue weighted by Crippen LogP contribution is 2.32. The third-order valence-electron chi connectivity index (χ3n) is 4.79. The number of amides is 4. The van der Waals surface area contributed by atoms with Crippen molar-refractivity contribution in [3.05, 3.63) is 29.3 Å². The monoisotopic (exact) mass is 345 g/mol. The molecule has 2 aliphatic rings. The molecule has 0 unspecified atom stereocenters. The molecular formula is C18H23N3O4. The molecule has 1 saturated carbocycles. The van der Waals surface area contributed by atoms with Crippen molar-refractivity contribution >= 4 is 17.8 Å². The van der Waals surface area contributed by atoms with Crippen molar-refractivity contribution in [1.82, 2.24) is 15.8 Å². The van der Waals surface area contributed by atoms with Crippen LogP contribution in [0.4, 0.5) is 4.79 Å². The average Bonchev–Trinajstić information content (AvgIpc) is 2.79. The van der Waals surface area contributed by atoms with Gasteiger partial charge >= 0.3 is 6.03 Å². The summed E-state index contributed by atoms with van der Waals surface area (Å²) in [4.78, 5) is 36.8. The first kappa shape index (κ1) is 17.3. The normalized spacial score (nSPS) is 19.0. The molecule has 1 spiro atoms. The minimum Gasteiger partial charge on any atom is -0.483 e. The fourth-order valence-corrected chi connectivity index (χ4v) is 3.48. The van der Waals surface area contributed by atoms with E-state index in [1.165, 1.54) is 0 Å². The Labute approximate surface area is 146 Å². The number of hydrogen-bond donors (Lipinski definition) is 2. The third kappa shape index (κ3) is 3.45. The molecule has 3 rings (SSSR count). The van der Waals surface area contributed by atoms with E-state index in [2.05, 4.69) is 10.7 Å². The Hall–Kier alpha value is -2.57. The summed E-state index contributed by atoms with van der Waals surface area (Å²) in [5, 5.41) is 3.54. The number of hydrazine groups is 1. The smallest absolute Gasteiger partial charge is 0.344 e. The summed E-state index contributed by atoms with van der Waals surface area (Å²) in [6, 6.07) is 5.07. The lowest BCUT2D eigenvalue weighted by Crippen LogP contribution is -2.51. The number of benzene rings is 1. The van der Waals surface area contributed by atoms with Crippen LogP contribution >= 0.6 is 0 Å². The van der Waals surface area contributed by atoms with Gasteiger partial charge in [-0.3, -0.25) is 15.0 Å². The van der Waals surface area contributed by atoms with Crippen LogP contribution in [0.2, 0.25) is 0 Å². The van der Waals surface area contributed by atoms with E-state index in [9.17, 15) is 14.4 Å². The Bertz CT molecular complexity index is 710. The number of nitrogens with one attached hydrogen (secondary N) is 2. The van der Waals surface area contributed by atoms with Crippen LogP contribution in [-0.2, 0) is 9.59 Å². The molecular weight excluding hydrogens is 322 g/mol. The maximum absolute atomic E-state index is 12.6. The standard InChI is InChI=1S/C18H23N3O4/c1-12-6-7-14(13(2)10-12)25-11-15(22)20-21-16(23)18(19-17(21)24)8-4-3-5-9-18/h6-7,10H,3-5,8-9,11H2,1-2H3,(H,19,24)(H,20,22). The van der Waals surface area contributed by atoms with Crippen molar-refractivity contribution in [2.45, 2.75) is 51.5 Å². The second-order valence-corrected chi connectivity index (χ2v) is 6.81. The van der Waals surface area contributed by atoms with Gasteiger partial charge in [0.1, 0.15) is 11.3 Å². The van der Waals surface area contributed by atoms with E-state index in [1.807, 2.05) is 26.0 Å². The van der Waals surface area contributed by atoms with Crippen LogP contribution in [-0.4, -0.2) is 35.0 Å². The highest BCUT2D eigenvalue weighted by molar-refractivity contribution is 6.08. The van der Waals surface area contributed by atoms with Gasteiger partial charge in [0, 0.05) is 0 Å². The van der Waals surface area contributed by atoms with Gasteiger partial charge in [-0.1, -0.05) is 37.0 Å². The first-order chi connectivity index (χ1) is 11.9. The summed E-state index contributed by atoms with van der Waals surface area (Å²) >= 11 is 0. The topological polar surface area (TPSA) is 87.7 Å². The van der Waals surface area contributed by atoms with Gasteiger partial charge in [0.05, 0.1) is 0 Å². The van der Waals surface area contributed by atoms with Crippen LogP contribution in [0.15, 0.2) is 18.2 Å². The first-order valence-electron chi connectivity index (χ1n) is 8.57. The summed E-state index contributed by atoms with van der Waals surface area (Å²) in [7, 11) is 0. The number of rotatable bonds is 4. The van der Waals surface area contributed by atoms with Crippen molar-refractivity contribution in [2.75, 3.05) is 6.61 Å². The SMILES string of the molecule is Cc1ccc(OCC(=O)NN2C(=O)NC3(CCCCC3)C2=O)c(C)c1. The van der Waals surface area contributed by atoms with Crippen LogP contribution in [0.25, 0.3) is 0 Å². The molecule has 7 nitrogen and oxygen atoms in total. The van der Waals surface area contributed by atoms with Crippen molar-refractivity contribution in [1.29, 1.82) is 0 Å². The van der Waals surface area contributed by atoms with Gasteiger partial charge in [-0.05, 0) is 38.3 Å². The molecule has 2 fully saturated rings. The number of aryl methyl sites for hydroxylation is 2. The number of nitrogens with zero attached hydrogens (tertiary/aromatic N) is 1. The highest BCUT2D eigenvalue weighted by Gasteiger charge is 2.52. The number of ether oxygens (including phenoxy) is 1. The maximum atomic E-state index is 12.6. The van der Waals surface area contributed by atoms with E-state index in [1.54, 1.807) is 6.07 Å². The molecule has 1 aromatic carbocycles. The summed E-state index contributed by atoms with van der Waals surface area (Å²) in [6.07, 6.45) is 4.07. The van der Waals surface area contributed by atoms with E-state index in [4.69, 9.17) is 4.74 Å². The summed E-state index contributed by atoms with van der Waals surface area (Å²) in [5.74, 6) is -0.324. The lowest BCUT2D eigenvalue weighted by Gasteiger charge is -2.30. The van der Waals surface area contributed by atoms with Gasteiger partial charge in [0.2, 0.25) is 0 Å². The minimum absolute atomic E-state index is 0.270. The van der Waals surface area contributed by atoms with E-state index < -0.39 is 17.5 Å². The molecule has 7 heteroatoms. The third-order valence-corrected chi connectivity index (χ3v) is 4.79. The molecule has 1 saturated heterocycles. The molecule has 2 N–H and O–H groups in total. The number of hydrogen-bond acceptors (Lipinski definition) is 4. The molecule has 134 valence electrons. The Morgan fingerprint density at radius 2 is 1.96 bits per heavy atom. The van der Waals surface area contributed by atoms with Crippen LogP contribution in [0.5, 0.6) is 5.75 Å². The molecule has 4 amide bonds. The molecule has 0 radical (unpaired) electrons. The molecule has 25 heavy (non-hydrogen) atoms. The molecule has 1 aromatic rings. The Balaban J connectivity index is 1.59. The number of urea groups is 1. The summed E-state index contributed by atoms with van der Waals surface area (Å²) in [6.45, 7) is 3.60. The van der Waals surface area contributed by atoms with Gasteiger partial charge in [-0.25, -0.2) is 4.79 Å². The fourth-order valence-electron chi connectivity index (χ4n) is 3.48. The summed E-state index contributed by atoms with van der Waals surface area (Å²) < 4.78 is 5.49. The number of imide groups is 1. The van der Waals surface area contributed by atoms with Crippen molar-refractivity contribution in [3.63, 3.8) is 0 Å². The van der Waals surface area contributed by atoms with Crippen LogP contribution in [0.1, 0.15) is 43.2 Å². The highest BCUT2D eigenvalue weighted by atomic mass is 16.5. The van der Waals surface area contributed by atoms with Gasteiger partial charge in [-0.2, -0.15) is 5.01 Å². The quantitative estimate of drug-likeness (QED) is 0.817. The molecule has 0 aromatic heterocycles. The lowest BCUT2D eigenvalue weighted by atomic mass is 9.82. The maximum Gasteiger partial charge on any atom is 0.344 e. The Morgan fingerprint density at radius 1 is 1.24 bits per heavy atom. The van der Waals surface area contributed by atoms with Crippen LogP contribution < -0.4 is 15.5 Å². The second-order valence-electron chi connectivity index (χ2n) is 6.81. The zero-order valence-corrected chi connectivity index (χ0v) is 14.6. The van der Waals surface area contributed by atoms with Crippen molar-refractivity contribution < 1.29 is 19.1 Å². The van der Waals surface area contributed by atoms with Crippen molar-refractivity contribution in [3.8, 4) is 5.75 Å². The van der Waals surface area contributed by atoms with E-state index >= 15 is 0 Å². The largest absolute Gasteiger partial charge is 0.483 e. The Kier molecular flexibility index (Phi) is 4.65. The second kappa shape index (κ2) is 6.74. The van der Waals surface area contributed by atoms with Crippen molar-refractivity contribution in [2.24, 2.45) is 0 Å². The van der Waals surface area contributed by atoms with Crippen LogP contribution in [0.3, 0.4) is 0 Å². The number of carbonyl (C=O) groups is 3. The van der Waals surface area contributed by atoms with Gasteiger partial charge in [0.15, 0.2) is 6.61 Å². The van der Waals surface area contributed by atoms with Gasteiger partial charge < -0.3 is 10.1 Å². The molecule has 1 heterocycles. The average molecular weight is 345 g/mol. The van der Waals surface area contributed by atoms with E-state index in [0.717, 1.165) is 35.4 Å². The number of carbonyl (C=O) groups excluding carboxylic acids is 3. The summed E-state index contributed by atoms with van der Waals surface area (Å²) in [5.41, 5.74) is 3.53. The predicted molar refractivity (Wildman–Crippen MR) is 90.7 cm³/mol. The minimum atomic E-state index is -0.850. The van der Waals surface area contributed by atoms with Gasteiger partial charge in [0.25, 0.3) is 11.8 Å². The Morgan fingerprint density at radius 3 is 2.64 bits per heavy atom. The van der Waals surface area contributed by atoms with Gasteiger partial charge in [-0.15, -0.1) is 0 Å².